The van der Waals surface area contributed by atoms with Crippen LogP contribution in [0.3, 0.4) is 0 Å². The van der Waals surface area contributed by atoms with Crippen LogP contribution in [0, 0.1) is 0 Å². The van der Waals surface area contributed by atoms with Crippen LogP contribution in [-0.2, 0) is 70.4 Å². The predicted molar refractivity (Wildman–Crippen MR) is 376 cm³/mol. The molecule has 4 unspecified atom stereocenters. The van der Waals surface area contributed by atoms with Crippen LogP contribution >= 0.6 is 0 Å². The van der Waals surface area contributed by atoms with E-state index in [0.29, 0.717) is 85.7 Å². The standard InChI is InChI=1S/C71H98N14O16/c1-10-96-68(92)48(5)73-60(86)44-80-28-26-72-27-38-84(46-62(88)75-50(7)70(94)98-12-3,40-36-82(33-31-80)42-52-22-24-58-64(77-52)66(90)54-18-14-16-20-56(54)100-58)85(47-63(89)76-51(8)71(95)99-13-4)39-35-79(9)29-30-81(45-61(87)74-49(6)69(93)97-11-2)32-34-83(37-41-85)43-53-23-25-59-65(78-53)67(91)55-19-15-17-21-57(55)101-59/h14-25,48-51,72H,10-13,26-47H2,1-9H3,(H2-2,73,74,75,76,86,87,88,89)/p+2/t48?,49?,50?,51?,84-,85-/m0/s1. The van der Waals surface area contributed by atoms with E-state index in [4.69, 9.17) is 37.7 Å². The molecule has 8 rings (SSSR count). The van der Waals surface area contributed by atoms with Gasteiger partial charge in [0.25, 0.3) is 11.8 Å². The van der Waals surface area contributed by atoms with Gasteiger partial charge in [-0.3, -0.25) is 53.3 Å². The van der Waals surface area contributed by atoms with Crippen LogP contribution in [0.4, 0.5) is 0 Å². The van der Waals surface area contributed by atoms with E-state index in [1.807, 2.05) is 16.8 Å². The second kappa shape index (κ2) is 37.2. The molecule has 6 atom stereocenters. The van der Waals surface area contributed by atoms with Crippen molar-refractivity contribution in [2.45, 2.75) is 92.6 Å². The lowest BCUT2D eigenvalue weighted by Crippen LogP contribution is -2.80. The van der Waals surface area contributed by atoms with E-state index >= 15 is 9.59 Å². The number of fused-ring (bicyclic) bond motifs is 4. The zero-order valence-corrected chi connectivity index (χ0v) is 59.7. The molecule has 2 aromatic carbocycles. The molecule has 4 amide bonds. The van der Waals surface area contributed by atoms with Crippen LogP contribution < -0.4 is 37.4 Å². The first-order valence-electron chi connectivity index (χ1n) is 34.9. The van der Waals surface area contributed by atoms with Gasteiger partial charge in [-0.05, 0) is 111 Å². The molecule has 0 saturated carbocycles. The Morgan fingerprint density at radius 1 is 0.446 bits per heavy atom. The number of carbonyl (C=O) groups excluding carboxylic acids is 8. The first-order chi connectivity index (χ1) is 48.5. The molecule has 0 aliphatic carbocycles. The third-order valence-electron chi connectivity index (χ3n) is 18.5. The van der Waals surface area contributed by atoms with E-state index in [9.17, 15) is 38.4 Å². The molecule has 101 heavy (non-hydrogen) atoms. The highest BCUT2D eigenvalue weighted by Crippen LogP contribution is 2.28. The topological polar surface area (TPSA) is 336 Å². The minimum atomic E-state index is -1.09. The number of ether oxygens (including phenoxy) is 4. The summed E-state index contributed by atoms with van der Waals surface area (Å²) in [6.45, 7) is 17.0. The Kier molecular flexibility index (Phi) is 28.6. The van der Waals surface area contributed by atoms with Gasteiger partial charge in [0, 0.05) is 72.0 Å². The van der Waals surface area contributed by atoms with Crippen molar-refractivity contribution in [1.29, 1.82) is 0 Å². The second-order valence-corrected chi connectivity index (χ2v) is 25.9. The fourth-order valence-corrected chi connectivity index (χ4v) is 12.9. The Bertz CT molecular complexity index is 4000. The number of carbonyl (C=O) groups is 8. The summed E-state index contributed by atoms with van der Waals surface area (Å²) in [7, 11) is 1.93. The van der Waals surface area contributed by atoms with Gasteiger partial charge in [-0.25, -0.2) is 29.1 Å². The number of hydrogen-bond acceptors (Lipinski definition) is 24. The maximum Gasteiger partial charge on any atom is 0.328 e. The molecule has 2 saturated heterocycles. The van der Waals surface area contributed by atoms with Crippen molar-refractivity contribution in [3.63, 3.8) is 0 Å². The molecule has 2 fully saturated rings. The van der Waals surface area contributed by atoms with Crippen molar-refractivity contribution in [2.24, 2.45) is 0 Å². The molecular formula is C71H100N14O16+2. The van der Waals surface area contributed by atoms with Gasteiger partial charge < -0.3 is 54.4 Å². The summed E-state index contributed by atoms with van der Waals surface area (Å²) in [5.41, 5.74) is 2.02. The summed E-state index contributed by atoms with van der Waals surface area (Å²) >= 11 is 0. The SMILES string of the molecule is CCOC(=O)C(C)NC(=O)CN1CCNCC[N@+](CC(=O)NC(C)C(=O)OCC)([N@@+]2(CC(=O)NC(C)C(=O)OCC)CCN(C)CCN(CC(=O)NC(C)C(=O)OCC)CCN(Cc3ccc4oc5ccccc5c(=O)c4n3)CC2)CCN(Cc2ccc3oc4ccccc4c(=O)c3n2)CC1. The Labute approximate surface area is 587 Å². The third kappa shape index (κ3) is 21.3. The Morgan fingerprint density at radius 2 is 0.812 bits per heavy atom. The lowest BCUT2D eigenvalue weighted by atomic mass is 10.2. The van der Waals surface area contributed by atoms with Crippen molar-refractivity contribution in [3.05, 3.63) is 105 Å². The molecule has 30 heteroatoms. The van der Waals surface area contributed by atoms with Gasteiger partial charge >= 0.3 is 23.9 Å². The van der Waals surface area contributed by atoms with E-state index in [1.54, 1.807) is 128 Å². The number of aromatic nitrogens is 2. The molecule has 30 nitrogen and oxygen atoms in total. The number of nitrogens with one attached hydrogen (secondary N) is 5. The monoisotopic (exact) mass is 1400 g/mol. The van der Waals surface area contributed by atoms with E-state index in [-0.39, 0.29) is 160 Å². The molecule has 4 aromatic heterocycles. The van der Waals surface area contributed by atoms with Crippen LogP contribution in [0.15, 0.2) is 91.2 Å². The quantitative estimate of drug-likeness (QED) is 0.0233. The summed E-state index contributed by atoms with van der Waals surface area (Å²) in [6, 6.07) is 16.9. The van der Waals surface area contributed by atoms with Crippen molar-refractivity contribution in [2.75, 3.05) is 164 Å². The van der Waals surface area contributed by atoms with Gasteiger partial charge in [0.05, 0.1) is 81.3 Å². The lowest BCUT2D eigenvalue weighted by molar-refractivity contribution is -1.49. The Hall–Kier alpha value is -8.88. The first-order valence-corrected chi connectivity index (χ1v) is 34.9. The molecule has 2 aliphatic rings. The summed E-state index contributed by atoms with van der Waals surface area (Å²) in [5, 5.41) is 15.8. The largest absolute Gasteiger partial charge is 0.464 e. The van der Waals surface area contributed by atoms with E-state index in [2.05, 4.69) is 41.3 Å². The predicted octanol–water partition coefficient (Wildman–Crippen LogP) is 1.27. The van der Waals surface area contributed by atoms with Crippen molar-refractivity contribution in [3.8, 4) is 0 Å². The number of rotatable bonds is 25. The molecule has 0 bridgehead atoms. The van der Waals surface area contributed by atoms with E-state index < -0.39 is 71.7 Å². The van der Waals surface area contributed by atoms with Gasteiger partial charge in [-0.1, -0.05) is 24.3 Å². The normalized spacial score (nSPS) is 19.8. The number of amides is 4. The average molecular weight is 1410 g/mol. The van der Waals surface area contributed by atoms with E-state index in [0.717, 1.165) is 0 Å². The van der Waals surface area contributed by atoms with Crippen LogP contribution in [0.25, 0.3) is 44.1 Å². The molecular weight excluding hydrogens is 1300 g/mol. The Balaban J connectivity index is 1.27. The molecule has 2 aliphatic heterocycles. The number of quaternary nitrogens is 2. The van der Waals surface area contributed by atoms with Crippen LogP contribution in [-0.4, -0.2) is 280 Å². The number of benzene rings is 2. The minimum absolute atomic E-state index is 0.0605. The second-order valence-electron chi connectivity index (χ2n) is 25.9. The zero-order valence-electron chi connectivity index (χ0n) is 59.7. The minimum Gasteiger partial charge on any atom is -0.464 e. The molecule has 5 N–H and O–H groups in total. The molecule has 6 aromatic rings. The number of nitrogens with zero attached hydrogens (tertiary/aromatic N) is 9. The maximum absolute atomic E-state index is 15.5. The van der Waals surface area contributed by atoms with Crippen molar-refractivity contribution < 1.29 is 75.3 Å². The zero-order chi connectivity index (χ0) is 72.8. The van der Waals surface area contributed by atoms with Gasteiger partial charge in [-0.15, -0.1) is 0 Å². The summed E-state index contributed by atoms with van der Waals surface area (Å²) in [6.07, 6.45) is 0. The number of para-hydroxylation sites is 2. The highest BCUT2D eigenvalue weighted by molar-refractivity contribution is 5.90. The summed E-state index contributed by atoms with van der Waals surface area (Å²) < 4.78 is 33.3. The highest BCUT2D eigenvalue weighted by Gasteiger charge is 2.54. The van der Waals surface area contributed by atoms with Crippen LogP contribution in [0.5, 0.6) is 0 Å². The van der Waals surface area contributed by atoms with E-state index in [1.165, 1.54) is 0 Å². The smallest absolute Gasteiger partial charge is 0.328 e. The molecule has 548 valence electrons. The maximum atomic E-state index is 15.5. The Morgan fingerprint density at radius 3 is 1.24 bits per heavy atom. The van der Waals surface area contributed by atoms with Gasteiger partial charge in [0.15, 0.2) is 22.2 Å². The number of likely N-dealkylation sites (N-methyl/N-ethyl adjacent to an activating group) is 1. The molecule has 6 heterocycles. The van der Waals surface area contributed by atoms with Crippen molar-refractivity contribution in [1.82, 2.24) is 61.1 Å². The van der Waals surface area contributed by atoms with Gasteiger partial charge in [-0.2, -0.15) is 9.18 Å². The third-order valence-corrected chi connectivity index (χ3v) is 18.5. The van der Waals surface area contributed by atoms with Crippen LogP contribution in [0.1, 0.15) is 66.8 Å². The lowest BCUT2D eigenvalue weighted by Gasteiger charge is -2.54. The fraction of sp³-hybridized carbons (Fsp3) is 0.549. The van der Waals surface area contributed by atoms with Gasteiger partial charge in [0.2, 0.25) is 35.8 Å². The summed E-state index contributed by atoms with van der Waals surface area (Å²) in [5.74, 6) is -4.29. The molecule has 0 radical (unpaired) electrons. The number of esters is 4. The average Bonchev–Trinajstić information content (AvgIpc) is 0.765. The number of pyridine rings is 2. The fourth-order valence-electron chi connectivity index (χ4n) is 12.9. The van der Waals surface area contributed by atoms with Crippen LogP contribution in [0.2, 0.25) is 0 Å². The number of hydrogen-bond donors (Lipinski definition) is 5. The summed E-state index contributed by atoms with van der Waals surface area (Å²) in [4.78, 5) is 160. The highest BCUT2D eigenvalue weighted by atomic mass is 16.5. The molecule has 0 spiro atoms. The van der Waals surface area contributed by atoms with Crippen molar-refractivity contribution >= 4 is 91.6 Å². The van der Waals surface area contributed by atoms with Gasteiger partial charge in [0.1, 0.15) is 61.5 Å². The first kappa shape index (κ1) is 77.9.